The monoisotopic (exact) mass is 286 g/mol. The smallest absolute Gasteiger partial charge is 0.167 e. The van der Waals surface area contributed by atoms with Gasteiger partial charge in [-0.2, -0.15) is 10.4 Å². The van der Waals surface area contributed by atoms with E-state index in [1.165, 1.54) is 12.8 Å². The molecule has 2 fully saturated rings. The van der Waals surface area contributed by atoms with Crippen molar-refractivity contribution >= 4 is 5.82 Å². The number of anilines is 1. The summed E-state index contributed by atoms with van der Waals surface area (Å²) >= 11 is 0. The highest BCUT2D eigenvalue weighted by atomic mass is 16.5. The van der Waals surface area contributed by atoms with E-state index in [-0.39, 0.29) is 5.60 Å². The van der Waals surface area contributed by atoms with E-state index in [1.807, 2.05) is 13.8 Å². The third kappa shape index (κ3) is 2.73. The molecule has 0 radical (unpaired) electrons. The Labute approximate surface area is 125 Å². The molecule has 112 valence electrons. The maximum atomic E-state index is 9.38. The largest absolute Gasteiger partial charge is 0.375 e. The Balaban J connectivity index is 1.78. The SMILES string of the molecule is Cc1nnc(NC2CCOC3(CCCC3)C2)c(C#N)c1C. The van der Waals surface area contributed by atoms with Gasteiger partial charge in [0.25, 0.3) is 0 Å². The number of hydrogen-bond donors (Lipinski definition) is 1. The van der Waals surface area contributed by atoms with E-state index in [4.69, 9.17) is 4.74 Å². The first kappa shape index (κ1) is 14.3. The number of nitrogens with one attached hydrogen (secondary N) is 1. The number of nitriles is 1. The average molecular weight is 286 g/mol. The molecule has 1 aliphatic heterocycles. The van der Waals surface area contributed by atoms with Crippen molar-refractivity contribution in [3.05, 3.63) is 16.8 Å². The van der Waals surface area contributed by atoms with Gasteiger partial charge in [-0.25, -0.2) is 0 Å². The first-order chi connectivity index (χ1) is 10.1. The molecule has 2 heterocycles. The highest BCUT2D eigenvalue weighted by Crippen LogP contribution is 2.40. The van der Waals surface area contributed by atoms with E-state index < -0.39 is 0 Å². The lowest BCUT2D eigenvalue weighted by molar-refractivity contribution is -0.0767. The van der Waals surface area contributed by atoms with Crippen molar-refractivity contribution in [2.24, 2.45) is 0 Å². The Morgan fingerprint density at radius 3 is 2.76 bits per heavy atom. The van der Waals surface area contributed by atoms with Crippen molar-refractivity contribution in [2.75, 3.05) is 11.9 Å². The summed E-state index contributed by atoms with van der Waals surface area (Å²) < 4.78 is 6.05. The lowest BCUT2D eigenvalue weighted by Gasteiger charge is -2.38. The number of aryl methyl sites for hydroxylation is 1. The molecule has 0 bridgehead atoms. The Morgan fingerprint density at radius 1 is 1.29 bits per heavy atom. The minimum atomic E-state index is 0.0654. The van der Waals surface area contributed by atoms with Crippen LogP contribution in [0.4, 0.5) is 5.82 Å². The van der Waals surface area contributed by atoms with Crippen LogP contribution in [0, 0.1) is 25.2 Å². The zero-order valence-corrected chi connectivity index (χ0v) is 12.8. The van der Waals surface area contributed by atoms with Crippen LogP contribution in [-0.2, 0) is 4.74 Å². The van der Waals surface area contributed by atoms with Crippen LogP contribution < -0.4 is 5.32 Å². The molecule has 2 aliphatic rings. The van der Waals surface area contributed by atoms with Gasteiger partial charge in [0.15, 0.2) is 5.82 Å². The summed E-state index contributed by atoms with van der Waals surface area (Å²) in [4.78, 5) is 0. The van der Waals surface area contributed by atoms with Gasteiger partial charge in [-0.3, -0.25) is 0 Å². The van der Waals surface area contributed by atoms with E-state index in [9.17, 15) is 5.26 Å². The highest BCUT2D eigenvalue weighted by molar-refractivity contribution is 5.56. The van der Waals surface area contributed by atoms with Crippen LogP contribution in [0.15, 0.2) is 0 Å². The summed E-state index contributed by atoms with van der Waals surface area (Å²) in [5.74, 6) is 0.626. The van der Waals surface area contributed by atoms with Gasteiger partial charge >= 0.3 is 0 Å². The number of aromatic nitrogens is 2. The lowest BCUT2D eigenvalue weighted by atomic mass is 9.89. The van der Waals surface area contributed by atoms with Crippen molar-refractivity contribution < 1.29 is 4.74 Å². The molecule has 1 aromatic heterocycles. The second-order valence-electron chi connectivity index (χ2n) is 6.32. The Hall–Kier alpha value is -1.67. The first-order valence-corrected chi connectivity index (χ1v) is 7.78. The van der Waals surface area contributed by atoms with Gasteiger partial charge < -0.3 is 10.1 Å². The summed E-state index contributed by atoms with van der Waals surface area (Å²) in [6.45, 7) is 4.60. The second kappa shape index (κ2) is 5.61. The van der Waals surface area contributed by atoms with Crippen LogP contribution >= 0.6 is 0 Å². The summed E-state index contributed by atoms with van der Waals surface area (Å²) in [5.41, 5.74) is 2.42. The predicted molar refractivity (Wildman–Crippen MR) is 80.0 cm³/mol. The molecule has 0 aromatic carbocycles. The van der Waals surface area contributed by atoms with E-state index >= 15 is 0 Å². The van der Waals surface area contributed by atoms with Crippen molar-refractivity contribution in [3.8, 4) is 6.07 Å². The fraction of sp³-hybridized carbons (Fsp3) is 0.688. The standard InChI is InChI=1S/C16H22N4O/c1-11-12(2)19-20-15(14(11)10-17)18-13-5-8-21-16(9-13)6-3-4-7-16/h13H,3-9H2,1-2H3,(H,18,20). The molecule has 1 aliphatic carbocycles. The molecule has 5 heteroatoms. The summed E-state index contributed by atoms with van der Waals surface area (Å²) in [6, 6.07) is 2.58. The van der Waals surface area contributed by atoms with Gasteiger partial charge in [-0.1, -0.05) is 12.8 Å². The molecule has 1 aromatic rings. The molecule has 21 heavy (non-hydrogen) atoms. The molecule has 1 spiro atoms. The fourth-order valence-corrected chi connectivity index (χ4v) is 3.56. The number of rotatable bonds is 2. The lowest BCUT2D eigenvalue weighted by Crippen LogP contribution is -2.42. The molecule has 1 N–H and O–H groups in total. The van der Waals surface area contributed by atoms with Gasteiger partial charge in [0.1, 0.15) is 11.6 Å². The van der Waals surface area contributed by atoms with Gasteiger partial charge in [-0.15, -0.1) is 5.10 Å². The van der Waals surface area contributed by atoms with Crippen LogP contribution in [0.2, 0.25) is 0 Å². The van der Waals surface area contributed by atoms with Crippen LogP contribution in [0.5, 0.6) is 0 Å². The molecule has 1 saturated heterocycles. The van der Waals surface area contributed by atoms with Crippen LogP contribution in [0.3, 0.4) is 0 Å². The third-order valence-corrected chi connectivity index (χ3v) is 4.91. The number of nitrogens with zero attached hydrogens (tertiary/aromatic N) is 3. The number of ether oxygens (including phenoxy) is 1. The highest BCUT2D eigenvalue weighted by Gasteiger charge is 2.40. The summed E-state index contributed by atoms with van der Waals surface area (Å²) in [6.07, 6.45) is 6.82. The average Bonchev–Trinajstić information content (AvgIpc) is 2.91. The molecular weight excluding hydrogens is 264 g/mol. The zero-order chi connectivity index (χ0) is 14.9. The molecule has 1 unspecified atom stereocenters. The van der Waals surface area contributed by atoms with E-state index in [0.717, 1.165) is 43.5 Å². The minimum absolute atomic E-state index is 0.0654. The van der Waals surface area contributed by atoms with E-state index in [1.54, 1.807) is 0 Å². The van der Waals surface area contributed by atoms with Gasteiger partial charge in [-0.05, 0) is 45.1 Å². The zero-order valence-electron chi connectivity index (χ0n) is 12.8. The van der Waals surface area contributed by atoms with E-state index in [2.05, 4.69) is 21.6 Å². The van der Waals surface area contributed by atoms with Crippen molar-refractivity contribution in [1.82, 2.24) is 10.2 Å². The van der Waals surface area contributed by atoms with Crippen LogP contribution in [-0.4, -0.2) is 28.4 Å². The minimum Gasteiger partial charge on any atom is -0.375 e. The normalized spacial score (nSPS) is 24.0. The third-order valence-electron chi connectivity index (χ3n) is 4.91. The Morgan fingerprint density at radius 2 is 2.05 bits per heavy atom. The fourth-order valence-electron chi connectivity index (χ4n) is 3.56. The van der Waals surface area contributed by atoms with Gasteiger partial charge in [0.05, 0.1) is 11.3 Å². The topological polar surface area (TPSA) is 70.8 Å². The molecule has 3 rings (SSSR count). The molecular formula is C16H22N4O. The van der Waals surface area contributed by atoms with Crippen molar-refractivity contribution in [1.29, 1.82) is 5.26 Å². The van der Waals surface area contributed by atoms with Crippen molar-refractivity contribution in [3.63, 3.8) is 0 Å². The number of hydrogen-bond acceptors (Lipinski definition) is 5. The van der Waals surface area contributed by atoms with Crippen molar-refractivity contribution in [2.45, 2.75) is 64.0 Å². The first-order valence-electron chi connectivity index (χ1n) is 7.78. The second-order valence-corrected chi connectivity index (χ2v) is 6.32. The summed E-state index contributed by atoms with van der Waals surface area (Å²) in [7, 11) is 0. The molecule has 1 atom stereocenters. The predicted octanol–water partition coefficient (Wildman–Crippen LogP) is 2.87. The van der Waals surface area contributed by atoms with Crippen LogP contribution in [0.25, 0.3) is 0 Å². The van der Waals surface area contributed by atoms with Crippen LogP contribution in [0.1, 0.15) is 55.3 Å². The van der Waals surface area contributed by atoms with Gasteiger partial charge in [0.2, 0.25) is 0 Å². The summed E-state index contributed by atoms with van der Waals surface area (Å²) in [5, 5.41) is 21.2. The Kier molecular flexibility index (Phi) is 3.81. The molecule has 1 saturated carbocycles. The molecule has 0 amide bonds. The quantitative estimate of drug-likeness (QED) is 0.905. The Bertz CT molecular complexity index is 572. The van der Waals surface area contributed by atoms with Gasteiger partial charge in [0, 0.05) is 12.6 Å². The maximum absolute atomic E-state index is 9.38. The van der Waals surface area contributed by atoms with E-state index in [0.29, 0.717) is 17.4 Å². The molecule has 5 nitrogen and oxygen atoms in total. The maximum Gasteiger partial charge on any atom is 0.167 e.